The van der Waals surface area contributed by atoms with Gasteiger partial charge in [-0.25, -0.2) is 27.3 Å². The fourth-order valence-electron chi connectivity index (χ4n) is 4.77. The van der Waals surface area contributed by atoms with Crippen molar-refractivity contribution in [1.29, 1.82) is 0 Å². The van der Waals surface area contributed by atoms with Gasteiger partial charge in [0.05, 0.1) is 29.7 Å². The maximum absolute atomic E-state index is 14.9. The Balaban J connectivity index is 1.65. The predicted molar refractivity (Wildman–Crippen MR) is 138 cm³/mol. The van der Waals surface area contributed by atoms with Gasteiger partial charge in [0.25, 0.3) is 5.91 Å². The molecule has 0 aliphatic carbocycles. The van der Waals surface area contributed by atoms with E-state index in [0.29, 0.717) is 6.42 Å². The monoisotopic (exact) mass is 587 g/mol. The van der Waals surface area contributed by atoms with Gasteiger partial charge in [-0.05, 0) is 31.4 Å². The number of nitrogens with two attached hydrogens (primary N) is 1. The summed E-state index contributed by atoms with van der Waals surface area (Å²) in [6.45, 7) is 4.64. The normalized spacial score (nSPS) is 19.3. The molecule has 1 unspecified atom stereocenters. The van der Waals surface area contributed by atoms with E-state index in [9.17, 15) is 30.8 Å². The summed E-state index contributed by atoms with van der Waals surface area (Å²) in [6.07, 6.45) is -3.90. The predicted octanol–water partition coefficient (Wildman–Crippen LogP) is 2.92. The first kappa shape index (κ1) is 29.5. The van der Waals surface area contributed by atoms with Gasteiger partial charge in [0.2, 0.25) is 15.9 Å². The van der Waals surface area contributed by atoms with E-state index < -0.39 is 63.0 Å². The maximum Gasteiger partial charge on any atom is 0.418 e. The van der Waals surface area contributed by atoms with Crippen LogP contribution in [0.5, 0.6) is 5.88 Å². The van der Waals surface area contributed by atoms with Crippen LogP contribution in [0.3, 0.4) is 0 Å². The second kappa shape index (κ2) is 10.8. The smallest absolute Gasteiger partial charge is 0.418 e. The number of nitrogens with one attached hydrogen (secondary N) is 1. The third-order valence-corrected chi connectivity index (χ3v) is 8.90. The van der Waals surface area contributed by atoms with Crippen LogP contribution in [0.25, 0.3) is 16.8 Å². The van der Waals surface area contributed by atoms with Crippen molar-refractivity contribution in [2.45, 2.75) is 50.8 Å². The van der Waals surface area contributed by atoms with Gasteiger partial charge >= 0.3 is 6.18 Å². The molecular weight excluding hydrogens is 558 g/mol. The first-order valence-corrected chi connectivity index (χ1v) is 13.8. The number of rotatable bonds is 8. The van der Waals surface area contributed by atoms with Gasteiger partial charge < -0.3 is 15.8 Å². The molecule has 0 spiro atoms. The van der Waals surface area contributed by atoms with Crippen molar-refractivity contribution < 1.29 is 35.5 Å². The number of methoxy groups -OCH3 is 1. The van der Waals surface area contributed by atoms with Crippen LogP contribution in [0.4, 0.5) is 23.4 Å². The molecule has 3 aromatic rings. The molecule has 0 saturated carbocycles. The average Bonchev–Trinajstić information content (AvgIpc) is 3.45. The minimum atomic E-state index is -4.78. The maximum atomic E-state index is 14.9. The van der Waals surface area contributed by atoms with E-state index in [1.807, 2.05) is 13.8 Å². The number of carbonyl (C=O) groups excluding carboxylic acids is 1. The second-order valence-corrected chi connectivity index (χ2v) is 12.4. The highest BCUT2D eigenvalue weighted by Gasteiger charge is 2.42. The summed E-state index contributed by atoms with van der Waals surface area (Å²) in [5.41, 5.74) is 3.93. The number of nitrogens with zero attached hydrogens (tertiary/aromatic N) is 5. The third-order valence-electron chi connectivity index (χ3n) is 6.68. The van der Waals surface area contributed by atoms with E-state index in [2.05, 4.69) is 20.4 Å². The Morgan fingerprint density at radius 2 is 1.93 bits per heavy atom. The van der Waals surface area contributed by atoms with Gasteiger partial charge in [0.15, 0.2) is 5.82 Å². The van der Waals surface area contributed by atoms with Crippen LogP contribution >= 0.6 is 0 Å². The van der Waals surface area contributed by atoms with Crippen LogP contribution in [0.1, 0.15) is 43.1 Å². The lowest BCUT2D eigenvalue weighted by Gasteiger charge is -2.22. The second-order valence-electron chi connectivity index (χ2n) is 10.0. The number of aromatic nitrogens is 4. The molecule has 0 bridgehead atoms. The van der Waals surface area contributed by atoms with E-state index in [4.69, 9.17) is 10.5 Å². The lowest BCUT2D eigenvalue weighted by Crippen LogP contribution is -2.42. The zero-order valence-electron chi connectivity index (χ0n) is 22.1. The summed E-state index contributed by atoms with van der Waals surface area (Å²) >= 11 is 0. The Kier molecular flexibility index (Phi) is 7.95. The minimum absolute atomic E-state index is 0.0597. The third kappa shape index (κ3) is 5.54. The molecule has 1 aliphatic rings. The van der Waals surface area contributed by atoms with E-state index >= 15 is 0 Å². The first-order valence-electron chi connectivity index (χ1n) is 12.3. The Labute approximate surface area is 227 Å². The van der Waals surface area contributed by atoms with Crippen molar-refractivity contribution in [3.05, 3.63) is 35.8 Å². The molecule has 1 aliphatic heterocycles. The molecule has 40 heavy (non-hydrogen) atoms. The fourth-order valence-corrected chi connectivity index (χ4v) is 6.62. The number of sulfonamides is 1. The Bertz CT molecular complexity index is 1530. The Morgan fingerprint density at radius 3 is 2.55 bits per heavy atom. The quantitative estimate of drug-likeness (QED) is 0.383. The lowest BCUT2D eigenvalue weighted by atomic mass is 10.1. The molecule has 1 amide bonds. The molecule has 11 nitrogen and oxygen atoms in total. The number of hydrogen-bond donors (Lipinski definition) is 2. The summed E-state index contributed by atoms with van der Waals surface area (Å²) in [6, 6.07) is 0.865. The molecule has 4 heterocycles. The lowest BCUT2D eigenvalue weighted by molar-refractivity contribution is -0.136. The molecule has 3 aromatic heterocycles. The average molecular weight is 588 g/mol. The molecule has 0 aromatic carbocycles. The van der Waals surface area contributed by atoms with Crippen molar-refractivity contribution in [3.63, 3.8) is 0 Å². The van der Waals surface area contributed by atoms with Crippen LogP contribution in [0.2, 0.25) is 0 Å². The van der Waals surface area contributed by atoms with Crippen molar-refractivity contribution in [3.8, 4) is 17.1 Å². The molecule has 218 valence electrons. The van der Waals surface area contributed by atoms with Crippen molar-refractivity contribution >= 4 is 27.3 Å². The summed E-state index contributed by atoms with van der Waals surface area (Å²) in [5, 5.41) is 5.63. The van der Waals surface area contributed by atoms with Crippen molar-refractivity contribution in [2.75, 3.05) is 25.9 Å². The number of pyridine rings is 1. The molecule has 0 radical (unpaired) electrons. The highest BCUT2D eigenvalue weighted by molar-refractivity contribution is 7.89. The van der Waals surface area contributed by atoms with Gasteiger partial charge in [-0.2, -0.15) is 22.6 Å². The van der Waals surface area contributed by atoms with Gasteiger partial charge in [-0.15, -0.1) is 0 Å². The molecule has 4 rings (SSSR count). The highest BCUT2D eigenvalue weighted by Crippen LogP contribution is 2.39. The van der Waals surface area contributed by atoms with E-state index in [0.717, 1.165) is 21.2 Å². The molecule has 1 fully saturated rings. The molecular formula is C24H29F4N7O4S. The van der Waals surface area contributed by atoms with Crippen molar-refractivity contribution in [1.82, 2.24) is 29.2 Å². The number of ether oxygens (including phenoxy) is 1. The summed E-state index contributed by atoms with van der Waals surface area (Å²) in [7, 11) is -2.57. The molecule has 3 N–H and O–H groups in total. The minimum Gasteiger partial charge on any atom is -0.480 e. The number of anilines is 1. The number of halogens is 4. The van der Waals surface area contributed by atoms with Crippen LogP contribution in [-0.4, -0.2) is 75.9 Å². The van der Waals surface area contributed by atoms with Crippen LogP contribution in [0.15, 0.2) is 24.7 Å². The van der Waals surface area contributed by atoms with E-state index in [1.165, 1.54) is 19.4 Å². The number of hydrogen-bond acceptors (Lipinski definition) is 8. The van der Waals surface area contributed by atoms with Crippen LogP contribution < -0.4 is 15.8 Å². The van der Waals surface area contributed by atoms with Gasteiger partial charge in [0.1, 0.15) is 23.6 Å². The summed E-state index contributed by atoms with van der Waals surface area (Å²) in [5.74, 6) is -1.30. The number of carbonyl (C=O) groups is 1. The number of nitrogen functional groups attached to an aromatic ring is 1. The highest BCUT2D eigenvalue weighted by atomic mass is 32.2. The molecule has 1 saturated heterocycles. The fraction of sp³-hybridized carbons (Fsp3) is 0.500. The summed E-state index contributed by atoms with van der Waals surface area (Å²) in [4.78, 5) is 20.9. The van der Waals surface area contributed by atoms with Gasteiger partial charge in [0, 0.05) is 24.8 Å². The van der Waals surface area contributed by atoms with Crippen LogP contribution in [0, 0.1) is 5.92 Å². The zero-order chi connectivity index (χ0) is 29.6. The van der Waals surface area contributed by atoms with E-state index in [-0.39, 0.29) is 35.2 Å². The number of fused-ring (bicyclic) bond motifs is 1. The zero-order valence-corrected chi connectivity index (χ0v) is 22.9. The van der Waals surface area contributed by atoms with Gasteiger partial charge in [-0.1, -0.05) is 13.8 Å². The van der Waals surface area contributed by atoms with Crippen molar-refractivity contribution in [2.24, 2.45) is 5.92 Å². The molecule has 16 heteroatoms. The Morgan fingerprint density at radius 1 is 1.23 bits per heavy atom. The molecule has 3 atom stereocenters. The standard InChI is InChI=1S/C24H29F4N7O4S/c1-12(2)5-13(3)40(37,38)34-9-17(25)18(10-34)33-22(36)15-6-14(8-30-23(15)39-4)19-7-16(24(26,27)28)20-21(29)31-11-32-35(19)20/h6-8,11-13,17-18H,5,9-10H2,1-4H3,(H,33,36)(H2,29,31,32)/t13?,17-,18+/m0/s1. The Hall–Kier alpha value is -3.53. The number of alkyl halides is 4. The largest absolute Gasteiger partial charge is 0.480 e. The van der Waals surface area contributed by atoms with E-state index in [1.54, 1.807) is 6.92 Å². The number of amides is 1. The van der Waals surface area contributed by atoms with Crippen LogP contribution in [-0.2, 0) is 16.2 Å². The topological polar surface area (TPSA) is 145 Å². The first-order chi connectivity index (χ1) is 18.6. The summed E-state index contributed by atoms with van der Waals surface area (Å²) < 4.78 is 89.1. The SMILES string of the molecule is COc1ncc(-c2cc(C(F)(F)F)c3c(N)ncnn23)cc1C(=O)N[C@@H]1CN(S(=O)(=O)C(C)CC(C)C)C[C@@H]1F. The van der Waals surface area contributed by atoms with Gasteiger partial charge in [-0.3, -0.25) is 4.79 Å².